The second kappa shape index (κ2) is 10.3. The average Bonchev–Trinajstić information content (AvgIpc) is 2.67. The molecule has 0 aromatic heterocycles. The highest BCUT2D eigenvalue weighted by Gasteiger charge is 2.50. The second-order valence-electron chi connectivity index (χ2n) is 9.84. The van der Waals surface area contributed by atoms with Crippen molar-refractivity contribution >= 4 is 24.8 Å². The van der Waals surface area contributed by atoms with Crippen LogP contribution in [0.5, 0.6) is 0 Å². The quantitative estimate of drug-likeness (QED) is 0.463. The monoisotopic (exact) mass is 439 g/mol. The van der Waals surface area contributed by atoms with Gasteiger partial charge in [0, 0.05) is 0 Å². The van der Waals surface area contributed by atoms with E-state index in [0.717, 1.165) is 0 Å². The maximum Gasteiger partial charge on any atom is 0.407 e. The van der Waals surface area contributed by atoms with Crippen molar-refractivity contribution in [2.24, 2.45) is 0 Å². The minimum Gasteiger partial charge on any atom is -0.444 e. The van der Waals surface area contributed by atoms with Gasteiger partial charge in [-0.25, -0.2) is 4.79 Å². The minimum atomic E-state index is -2.67. The third kappa shape index (κ3) is 6.55. The Morgan fingerprint density at radius 1 is 0.968 bits per heavy atom. The molecule has 0 saturated heterocycles. The van der Waals surface area contributed by atoms with Gasteiger partial charge in [-0.15, -0.1) is 6.58 Å². The number of rotatable bonds is 8. The summed E-state index contributed by atoms with van der Waals surface area (Å²) in [5.74, 6) is 0. The van der Waals surface area contributed by atoms with Gasteiger partial charge >= 0.3 is 6.09 Å². The molecule has 0 heterocycles. The summed E-state index contributed by atoms with van der Waals surface area (Å²) in [6.45, 7) is 16.5. The van der Waals surface area contributed by atoms with Crippen LogP contribution >= 0.6 is 0 Å². The number of carbonyl (C=O) groups is 1. The summed E-state index contributed by atoms with van der Waals surface area (Å²) in [6, 6.07) is 20.7. The molecule has 168 valence electrons. The van der Waals surface area contributed by atoms with E-state index in [1.165, 1.54) is 10.4 Å². The first-order valence-corrected chi connectivity index (χ1v) is 12.8. The van der Waals surface area contributed by atoms with Crippen LogP contribution in [-0.2, 0) is 9.16 Å². The van der Waals surface area contributed by atoms with Crippen molar-refractivity contribution in [1.29, 1.82) is 0 Å². The highest BCUT2D eigenvalue weighted by atomic mass is 28.4. The predicted octanol–water partition coefficient (Wildman–Crippen LogP) is 5.03. The topological polar surface area (TPSA) is 47.6 Å². The molecule has 31 heavy (non-hydrogen) atoms. The minimum absolute atomic E-state index is 0.125. The molecule has 2 aromatic rings. The van der Waals surface area contributed by atoms with Crippen molar-refractivity contribution in [1.82, 2.24) is 5.32 Å². The van der Waals surface area contributed by atoms with E-state index in [-0.39, 0.29) is 11.1 Å². The van der Waals surface area contributed by atoms with E-state index in [1.54, 1.807) is 6.08 Å². The molecule has 0 saturated carbocycles. The van der Waals surface area contributed by atoms with Crippen LogP contribution in [0.15, 0.2) is 73.3 Å². The van der Waals surface area contributed by atoms with E-state index in [1.807, 2.05) is 32.9 Å². The van der Waals surface area contributed by atoms with Crippen molar-refractivity contribution in [3.8, 4) is 0 Å². The molecule has 1 N–H and O–H groups in total. The van der Waals surface area contributed by atoms with Crippen LogP contribution < -0.4 is 15.7 Å². The molecule has 0 unspecified atom stereocenters. The first-order chi connectivity index (χ1) is 14.5. The zero-order chi connectivity index (χ0) is 23.1. The summed E-state index contributed by atoms with van der Waals surface area (Å²) in [4.78, 5) is 12.4. The molecule has 1 atom stereocenters. The normalized spacial score (nSPS) is 13.4. The Kier molecular flexibility index (Phi) is 8.26. The van der Waals surface area contributed by atoms with E-state index >= 15 is 0 Å². The number of benzene rings is 2. The molecular weight excluding hydrogens is 402 g/mol. The van der Waals surface area contributed by atoms with Crippen molar-refractivity contribution in [3.63, 3.8) is 0 Å². The number of nitrogens with one attached hydrogen (secondary N) is 1. The Labute approximate surface area is 188 Å². The largest absolute Gasteiger partial charge is 0.444 e. The van der Waals surface area contributed by atoms with Gasteiger partial charge in [0.25, 0.3) is 8.32 Å². The lowest BCUT2D eigenvalue weighted by molar-refractivity contribution is 0.0487. The SMILES string of the molecule is C=CC[C@@H](CO[Si](c1ccccc1)(c1ccccc1)C(C)(C)C)NC(=O)OC(C)(C)C. The molecule has 2 aromatic carbocycles. The predicted molar refractivity (Wildman–Crippen MR) is 132 cm³/mol. The van der Waals surface area contributed by atoms with Gasteiger partial charge < -0.3 is 14.5 Å². The Morgan fingerprint density at radius 3 is 1.84 bits per heavy atom. The Morgan fingerprint density at radius 2 is 1.45 bits per heavy atom. The average molecular weight is 440 g/mol. The summed E-state index contributed by atoms with van der Waals surface area (Å²) in [5.41, 5.74) is -0.554. The summed E-state index contributed by atoms with van der Waals surface area (Å²) in [5, 5.41) is 5.26. The van der Waals surface area contributed by atoms with Gasteiger partial charge in [-0.1, -0.05) is 87.5 Å². The zero-order valence-corrected chi connectivity index (χ0v) is 20.8. The molecule has 0 aliphatic rings. The van der Waals surface area contributed by atoms with Gasteiger partial charge in [0.15, 0.2) is 0 Å². The second-order valence-corrected chi connectivity index (χ2v) is 14.1. The first-order valence-electron chi connectivity index (χ1n) is 10.8. The highest BCUT2D eigenvalue weighted by molar-refractivity contribution is 6.99. The molecule has 5 heteroatoms. The number of carbonyl (C=O) groups excluding carboxylic acids is 1. The van der Waals surface area contributed by atoms with Crippen molar-refractivity contribution in [3.05, 3.63) is 73.3 Å². The van der Waals surface area contributed by atoms with Crippen molar-refractivity contribution < 1.29 is 14.0 Å². The Balaban J connectivity index is 2.40. The fraction of sp³-hybridized carbons (Fsp3) is 0.423. The van der Waals surface area contributed by atoms with Gasteiger partial charge in [0.2, 0.25) is 0 Å². The summed E-state index contributed by atoms with van der Waals surface area (Å²) in [7, 11) is -2.67. The number of ether oxygens (including phenoxy) is 1. The first kappa shape index (κ1) is 24.9. The van der Waals surface area contributed by atoms with Crippen LogP contribution in [0.4, 0.5) is 4.79 Å². The third-order valence-corrected chi connectivity index (χ3v) is 10.1. The fourth-order valence-electron chi connectivity index (χ4n) is 3.83. The summed E-state index contributed by atoms with van der Waals surface area (Å²) in [6.07, 6.45) is 1.96. The van der Waals surface area contributed by atoms with Crippen LogP contribution in [0.25, 0.3) is 0 Å². The number of hydrogen-bond donors (Lipinski definition) is 1. The molecular formula is C26H37NO3Si. The van der Waals surface area contributed by atoms with Gasteiger partial charge in [-0.05, 0) is 42.6 Å². The molecule has 0 aliphatic carbocycles. The molecule has 0 radical (unpaired) electrons. The van der Waals surface area contributed by atoms with E-state index in [9.17, 15) is 4.79 Å². The molecule has 0 aliphatic heterocycles. The number of hydrogen-bond acceptors (Lipinski definition) is 3. The highest BCUT2D eigenvalue weighted by Crippen LogP contribution is 2.36. The van der Waals surface area contributed by atoms with Gasteiger partial charge in [0.1, 0.15) is 5.60 Å². The van der Waals surface area contributed by atoms with Crippen LogP contribution in [0.2, 0.25) is 5.04 Å². The smallest absolute Gasteiger partial charge is 0.407 e. The third-order valence-electron chi connectivity index (χ3n) is 5.09. The zero-order valence-electron chi connectivity index (χ0n) is 19.8. The maximum atomic E-state index is 12.4. The molecule has 0 bridgehead atoms. The van der Waals surface area contributed by atoms with Gasteiger partial charge in [-0.3, -0.25) is 0 Å². The van der Waals surface area contributed by atoms with Gasteiger partial charge in [-0.2, -0.15) is 0 Å². The lowest BCUT2D eigenvalue weighted by Crippen LogP contribution is -2.67. The summed E-state index contributed by atoms with van der Waals surface area (Å²) < 4.78 is 12.4. The van der Waals surface area contributed by atoms with E-state index in [2.05, 4.69) is 81.2 Å². The van der Waals surface area contributed by atoms with Crippen LogP contribution in [0, 0.1) is 0 Å². The maximum absolute atomic E-state index is 12.4. The van der Waals surface area contributed by atoms with Crippen LogP contribution in [0.3, 0.4) is 0 Å². The lowest BCUT2D eigenvalue weighted by atomic mass is 10.2. The lowest BCUT2D eigenvalue weighted by Gasteiger charge is -2.43. The summed E-state index contributed by atoms with van der Waals surface area (Å²) >= 11 is 0. The van der Waals surface area contributed by atoms with E-state index in [0.29, 0.717) is 13.0 Å². The van der Waals surface area contributed by atoms with E-state index in [4.69, 9.17) is 9.16 Å². The molecule has 0 spiro atoms. The molecule has 4 nitrogen and oxygen atoms in total. The Bertz CT molecular complexity index is 799. The van der Waals surface area contributed by atoms with Crippen LogP contribution in [-0.4, -0.2) is 32.7 Å². The van der Waals surface area contributed by atoms with Gasteiger partial charge in [0.05, 0.1) is 12.6 Å². The molecule has 1 amide bonds. The molecule has 2 rings (SSSR count). The van der Waals surface area contributed by atoms with Crippen molar-refractivity contribution in [2.75, 3.05) is 6.61 Å². The van der Waals surface area contributed by atoms with Crippen molar-refractivity contribution in [2.45, 2.75) is 64.6 Å². The molecule has 0 fully saturated rings. The number of amides is 1. The fourth-order valence-corrected chi connectivity index (χ4v) is 8.44. The van der Waals surface area contributed by atoms with Crippen LogP contribution in [0.1, 0.15) is 48.0 Å². The Hall–Kier alpha value is -2.37. The standard InChI is InChI=1S/C26H37NO3Si/c1-8-15-21(27-24(28)30-25(2,3)4)20-29-31(26(5,6)7,22-16-11-9-12-17-22)23-18-13-10-14-19-23/h8-14,16-19,21H,1,15,20H2,2-7H3,(H,27,28)/t21-/m0/s1. The van der Waals surface area contributed by atoms with E-state index < -0.39 is 20.0 Å². The number of alkyl carbamates (subject to hydrolysis) is 1.